The number of ether oxygens (including phenoxy) is 1. The fraction of sp³-hybridized carbons (Fsp3) is 0.455. The Morgan fingerprint density at radius 1 is 0.652 bits per heavy atom. The molecule has 0 spiro atoms. The van der Waals surface area contributed by atoms with E-state index in [0.717, 1.165) is 11.5 Å². The van der Waals surface area contributed by atoms with Gasteiger partial charge in [0.15, 0.2) is 0 Å². The van der Waals surface area contributed by atoms with Crippen molar-refractivity contribution in [2.45, 2.75) is 66.2 Å². The van der Waals surface area contributed by atoms with Crippen LogP contribution in [0.4, 0.5) is 0 Å². The molecule has 124 valence electrons. The Bertz CT molecular complexity index is 644. The largest absolute Gasteiger partial charge is 0.457 e. The van der Waals surface area contributed by atoms with E-state index in [0.29, 0.717) is 0 Å². The average Bonchev–Trinajstić information content (AvgIpc) is 2.40. The van der Waals surface area contributed by atoms with E-state index < -0.39 is 0 Å². The minimum atomic E-state index is 0.0338. The van der Waals surface area contributed by atoms with E-state index >= 15 is 0 Å². The molecule has 2 aromatic rings. The van der Waals surface area contributed by atoms with Crippen molar-refractivity contribution in [2.24, 2.45) is 0 Å². The lowest BCUT2D eigenvalue weighted by molar-refractivity contribution is 0.432. The van der Waals surface area contributed by atoms with Crippen LogP contribution >= 0.6 is 0 Å². The van der Waals surface area contributed by atoms with Gasteiger partial charge in [-0.2, -0.15) is 0 Å². The van der Waals surface area contributed by atoms with Crippen LogP contribution in [0.2, 0.25) is 0 Å². The van der Waals surface area contributed by atoms with Crippen LogP contribution < -0.4 is 4.74 Å². The summed E-state index contributed by atoms with van der Waals surface area (Å²) in [6, 6.07) is 12.8. The molecule has 2 aromatic carbocycles. The second-order valence-electron chi connectivity index (χ2n) is 8.60. The second-order valence-corrected chi connectivity index (χ2v) is 8.60. The van der Waals surface area contributed by atoms with Crippen molar-refractivity contribution >= 4 is 0 Å². The molecule has 0 fully saturated rings. The zero-order valence-corrected chi connectivity index (χ0v) is 15.9. The van der Waals surface area contributed by atoms with E-state index in [1.54, 1.807) is 0 Å². The van der Waals surface area contributed by atoms with Gasteiger partial charge in [-0.05, 0) is 36.8 Å². The fourth-order valence-corrected chi connectivity index (χ4v) is 2.72. The van der Waals surface area contributed by atoms with Gasteiger partial charge in [0.05, 0.1) is 0 Å². The van der Waals surface area contributed by atoms with Crippen molar-refractivity contribution in [3.8, 4) is 11.5 Å². The summed E-state index contributed by atoms with van der Waals surface area (Å²) in [6.07, 6.45) is 0. The fourth-order valence-electron chi connectivity index (χ4n) is 2.72. The second kappa shape index (κ2) is 6.03. The van der Waals surface area contributed by atoms with Gasteiger partial charge in [-0.25, -0.2) is 0 Å². The Morgan fingerprint density at radius 2 is 1.09 bits per heavy atom. The quantitative estimate of drug-likeness (QED) is 0.600. The summed E-state index contributed by atoms with van der Waals surface area (Å²) in [5.41, 5.74) is 5.13. The van der Waals surface area contributed by atoms with Crippen LogP contribution in [-0.4, -0.2) is 0 Å². The molecule has 0 aliphatic heterocycles. The molecule has 0 unspecified atom stereocenters. The van der Waals surface area contributed by atoms with Crippen LogP contribution in [0.15, 0.2) is 36.4 Å². The van der Waals surface area contributed by atoms with Crippen LogP contribution in [0.3, 0.4) is 0 Å². The molecular formula is C22H30O. The first-order chi connectivity index (χ1) is 10.5. The maximum Gasteiger partial charge on any atom is 0.134 e. The summed E-state index contributed by atoms with van der Waals surface area (Å²) in [5.74, 6) is 1.91. The summed E-state index contributed by atoms with van der Waals surface area (Å²) in [4.78, 5) is 0. The number of hydrogen-bond donors (Lipinski definition) is 0. The number of hydrogen-bond acceptors (Lipinski definition) is 1. The van der Waals surface area contributed by atoms with Crippen molar-refractivity contribution in [1.82, 2.24) is 0 Å². The van der Waals surface area contributed by atoms with Gasteiger partial charge >= 0.3 is 0 Å². The minimum Gasteiger partial charge on any atom is -0.457 e. The van der Waals surface area contributed by atoms with Crippen LogP contribution in [0, 0.1) is 13.8 Å². The summed E-state index contributed by atoms with van der Waals surface area (Å²) in [7, 11) is 0. The Hall–Kier alpha value is -1.76. The van der Waals surface area contributed by atoms with Crippen molar-refractivity contribution in [3.05, 3.63) is 58.7 Å². The number of benzene rings is 2. The van der Waals surface area contributed by atoms with E-state index in [1.165, 1.54) is 22.3 Å². The summed E-state index contributed by atoms with van der Waals surface area (Å²) >= 11 is 0. The molecule has 0 saturated carbocycles. The Kier molecular flexibility index (Phi) is 4.61. The predicted octanol–water partition coefficient (Wildman–Crippen LogP) is 6.69. The first-order valence-corrected chi connectivity index (χ1v) is 8.38. The maximum atomic E-state index is 6.40. The SMILES string of the molecule is Cc1ccc(Oc2c(C(C)(C)C)cc(C)cc2C(C)(C)C)cc1. The first kappa shape index (κ1) is 17.6. The predicted molar refractivity (Wildman–Crippen MR) is 99.8 cm³/mol. The highest BCUT2D eigenvalue weighted by atomic mass is 16.5. The van der Waals surface area contributed by atoms with Crippen LogP contribution in [0.5, 0.6) is 11.5 Å². The third kappa shape index (κ3) is 4.16. The number of aryl methyl sites for hydroxylation is 2. The van der Waals surface area contributed by atoms with Gasteiger partial charge in [0.25, 0.3) is 0 Å². The lowest BCUT2D eigenvalue weighted by Crippen LogP contribution is -2.19. The van der Waals surface area contributed by atoms with Crippen LogP contribution in [0.25, 0.3) is 0 Å². The third-order valence-corrected chi connectivity index (χ3v) is 4.09. The molecule has 1 heteroatoms. The molecule has 0 amide bonds. The lowest BCUT2D eigenvalue weighted by atomic mass is 9.78. The van der Waals surface area contributed by atoms with Gasteiger partial charge in [0.1, 0.15) is 11.5 Å². The molecule has 0 radical (unpaired) electrons. The molecule has 0 bridgehead atoms. The zero-order chi connectivity index (χ0) is 17.4. The summed E-state index contributed by atoms with van der Waals surface area (Å²) in [5, 5.41) is 0. The maximum absolute atomic E-state index is 6.40. The molecule has 0 saturated heterocycles. The van der Waals surface area contributed by atoms with Crippen molar-refractivity contribution < 1.29 is 4.74 Å². The molecule has 0 atom stereocenters. The first-order valence-electron chi connectivity index (χ1n) is 8.38. The molecule has 0 aliphatic carbocycles. The monoisotopic (exact) mass is 310 g/mol. The minimum absolute atomic E-state index is 0.0338. The van der Waals surface area contributed by atoms with Gasteiger partial charge in [-0.3, -0.25) is 0 Å². The molecule has 1 nitrogen and oxygen atoms in total. The molecule has 0 N–H and O–H groups in total. The van der Waals surface area contributed by atoms with Gasteiger partial charge < -0.3 is 4.74 Å². The van der Waals surface area contributed by atoms with E-state index in [2.05, 4.69) is 79.7 Å². The third-order valence-electron chi connectivity index (χ3n) is 4.09. The normalized spacial score (nSPS) is 12.3. The molecule has 0 aliphatic rings. The van der Waals surface area contributed by atoms with Crippen LogP contribution in [-0.2, 0) is 10.8 Å². The van der Waals surface area contributed by atoms with Gasteiger partial charge in [-0.15, -0.1) is 0 Å². The van der Waals surface area contributed by atoms with Crippen molar-refractivity contribution in [3.63, 3.8) is 0 Å². The molecule has 0 aromatic heterocycles. The highest BCUT2D eigenvalue weighted by Gasteiger charge is 2.27. The van der Waals surface area contributed by atoms with Crippen molar-refractivity contribution in [2.75, 3.05) is 0 Å². The molecular weight excluding hydrogens is 280 g/mol. The van der Waals surface area contributed by atoms with Crippen molar-refractivity contribution in [1.29, 1.82) is 0 Å². The van der Waals surface area contributed by atoms with Gasteiger partial charge in [0.2, 0.25) is 0 Å². The van der Waals surface area contributed by atoms with Gasteiger partial charge in [-0.1, -0.05) is 76.9 Å². The standard InChI is InChI=1S/C22H30O/c1-15-9-11-17(12-10-15)23-20-18(21(3,4)5)13-16(2)14-19(20)22(6,7)8/h9-14H,1-8H3. The van der Waals surface area contributed by atoms with Crippen LogP contribution in [0.1, 0.15) is 63.8 Å². The highest BCUT2D eigenvalue weighted by molar-refractivity contribution is 5.52. The summed E-state index contributed by atoms with van der Waals surface area (Å²) in [6.45, 7) is 17.7. The van der Waals surface area contributed by atoms with Gasteiger partial charge in [0, 0.05) is 11.1 Å². The highest BCUT2D eigenvalue weighted by Crippen LogP contribution is 2.42. The van der Waals surface area contributed by atoms with E-state index in [9.17, 15) is 0 Å². The molecule has 23 heavy (non-hydrogen) atoms. The Labute approximate surface area is 141 Å². The average molecular weight is 310 g/mol. The summed E-state index contributed by atoms with van der Waals surface area (Å²) < 4.78 is 6.40. The Morgan fingerprint density at radius 3 is 1.48 bits per heavy atom. The zero-order valence-electron chi connectivity index (χ0n) is 15.9. The molecule has 2 rings (SSSR count). The lowest BCUT2D eigenvalue weighted by Gasteiger charge is -2.30. The van der Waals surface area contributed by atoms with E-state index in [-0.39, 0.29) is 10.8 Å². The number of rotatable bonds is 2. The topological polar surface area (TPSA) is 9.23 Å². The smallest absolute Gasteiger partial charge is 0.134 e. The molecule has 0 heterocycles. The Balaban J connectivity index is 2.64. The van der Waals surface area contributed by atoms with E-state index in [4.69, 9.17) is 4.74 Å². The van der Waals surface area contributed by atoms with E-state index in [1.807, 2.05) is 12.1 Å².